The fraction of sp³-hybridized carbons (Fsp3) is 0.857. The normalized spacial score (nSPS) is 40.3. The van der Waals surface area contributed by atoms with Crippen LogP contribution in [0, 0.1) is 34.5 Å². The molecule has 4 aliphatic carbocycles. The topological polar surface area (TPSA) is 49.7 Å². The predicted molar refractivity (Wildman–Crippen MR) is 127 cm³/mol. The summed E-state index contributed by atoms with van der Waals surface area (Å²) in [5.41, 5.74) is 3.00. The Morgan fingerprint density at radius 3 is 2.29 bits per heavy atom. The molecule has 0 amide bonds. The molecule has 0 aromatic carbocycles. The lowest BCUT2D eigenvalue weighted by molar-refractivity contribution is -0.0403. The molecule has 2 N–H and O–H groups in total. The van der Waals surface area contributed by atoms with E-state index in [1.165, 1.54) is 37.7 Å². The van der Waals surface area contributed by atoms with Crippen molar-refractivity contribution in [2.45, 2.75) is 111 Å². The molecule has 4 fully saturated rings. The summed E-state index contributed by atoms with van der Waals surface area (Å²) in [4.78, 5) is 0. The first-order valence-electron chi connectivity index (χ1n) is 13.0. The van der Waals surface area contributed by atoms with Crippen LogP contribution < -0.4 is 0 Å². The molecule has 4 aliphatic rings. The van der Waals surface area contributed by atoms with Gasteiger partial charge in [-0.3, -0.25) is 0 Å². The predicted octanol–water partition coefficient (Wildman–Crippen LogP) is 6.05. The van der Waals surface area contributed by atoms with Gasteiger partial charge in [-0.1, -0.05) is 51.0 Å². The van der Waals surface area contributed by atoms with Gasteiger partial charge in [-0.15, -0.1) is 0 Å². The van der Waals surface area contributed by atoms with Crippen molar-refractivity contribution in [2.75, 3.05) is 6.61 Å². The summed E-state index contributed by atoms with van der Waals surface area (Å²) in [5, 5.41) is 21.1. The van der Waals surface area contributed by atoms with Crippen molar-refractivity contribution < 1.29 is 14.9 Å². The highest BCUT2D eigenvalue weighted by Gasteiger charge is 2.56. The number of ether oxygens (including phenoxy) is 1. The first-order chi connectivity index (χ1) is 14.7. The van der Waals surface area contributed by atoms with Crippen molar-refractivity contribution in [3.8, 4) is 0 Å². The lowest BCUT2D eigenvalue weighted by atomic mass is 9.62. The fourth-order valence-electron chi connectivity index (χ4n) is 7.04. The Labute approximate surface area is 190 Å². The van der Waals surface area contributed by atoms with Crippen molar-refractivity contribution in [1.29, 1.82) is 0 Å². The number of aliphatic hydroxyl groups excluding tert-OH is 2. The molecule has 7 atom stereocenters. The zero-order chi connectivity index (χ0) is 22.4. The third-order valence-corrected chi connectivity index (χ3v) is 9.96. The molecule has 0 aromatic rings. The lowest BCUT2D eigenvalue weighted by Gasteiger charge is -2.44. The van der Waals surface area contributed by atoms with E-state index < -0.39 is 0 Å². The maximum Gasteiger partial charge on any atom is 0.0658 e. The Kier molecular flexibility index (Phi) is 6.79. The van der Waals surface area contributed by atoms with Crippen LogP contribution in [0.1, 0.15) is 92.4 Å². The second-order valence-corrected chi connectivity index (χ2v) is 12.1. The maximum atomic E-state index is 10.6. The molecule has 0 bridgehead atoms. The van der Waals surface area contributed by atoms with Crippen LogP contribution in [0.4, 0.5) is 0 Å². The number of aliphatic hydroxyl groups is 2. The van der Waals surface area contributed by atoms with Gasteiger partial charge in [-0.25, -0.2) is 0 Å². The summed E-state index contributed by atoms with van der Waals surface area (Å²) >= 11 is 0. The number of hydrogen-bond acceptors (Lipinski definition) is 3. The van der Waals surface area contributed by atoms with Gasteiger partial charge in [0.2, 0.25) is 0 Å². The second kappa shape index (κ2) is 8.95. The molecule has 4 saturated carbocycles. The third kappa shape index (κ3) is 4.44. The standard InChI is InChI=1S/C28H46O3/c1-18(2)19(3)17-31-20(4)23-10-11-24-22(7-6-12-27(23,24)5)9-8-21-15-25(29)28(13-14-28)26(30)16-21/h8-9,18-20,23-26,29-30H,6-7,10-17H2,1-5H3/b22-9+/t19-,20-,23?,24?,25-,26-,27?/m1/s1. The van der Waals surface area contributed by atoms with E-state index in [4.69, 9.17) is 4.74 Å². The Hall–Kier alpha value is -0.640. The summed E-state index contributed by atoms with van der Waals surface area (Å²) in [6.45, 7) is 12.6. The summed E-state index contributed by atoms with van der Waals surface area (Å²) in [6, 6.07) is 0. The second-order valence-electron chi connectivity index (χ2n) is 12.1. The van der Waals surface area contributed by atoms with Gasteiger partial charge in [-0.05, 0) is 93.8 Å². The maximum absolute atomic E-state index is 10.6. The monoisotopic (exact) mass is 430 g/mol. The van der Waals surface area contributed by atoms with Crippen LogP contribution in [0.15, 0.2) is 23.3 Å². The van der Waals surface area contributed by atoms with Crippen LogP contribution >= 0.6 is 0 Å². The zero-order valence-corrected chi connectivity index (χ0v) is 20.6. The average molecular weight is 431 g/mol. The highest BCUT2D eigenvalue weighted by molar-refractivity contribution is 5.28. The minimum atomic E-state index is -0.361. The van der Waals surface area contributed by atoms with Crippen LogP contribution in [-0.2, 0) is 4.74 Å². The molecular formula is C28H46O3. The molecule has 3 nitrogen and oxygen atoms in total. The van der Waals surface area contributed by atoms with E-state index in [0.29, 0.717) is 35.2 Å². The van der Waals surface area contributed by atoms with Crippen LogP contribution in [0.3, 0.4) is 0 Å². The summed E-state index contributed by atoms with van der Waals surface area (Å²) in [7, 11) is 0. The Morgan fingerprint density at radius 2 is 1.68 bits per heavy atom. The van der Waals surface area contributed by atoms with E-state index in [9.17, 15) is 10.2 Å². The Morgan fingerprint density at radius 1 is 1.00 bits per heavy atom. The zero-order valence-electron chi connectivity index (χ0n) is 20.6. The molecule has 0 heterocycles. The van der Waals surface area contributed by atoms with E-state index >= 15 is 0 Å². The van der Waals surface area contributed by atoms with Crippen LogP contribution in [0.25, 0.3) is 0 Å². The van der Waals surface area contributed by atoms with Crippen molar-refractivity contribution in [1.82, 2.24) is 0 Å². The lowest BCUT2D eigenvalue weighted by Crippen LogP contribution is -2.39. The highest BCUT2D eigenvalue weighted by atomic mass is 16.5. The van der Waals surface area contributed by atoms with Gasteiger partial charge in [0, 0.05) is 12.0 Å². The van der Waals surface area contributed by atoms with E-state index in [0.717, 1.165) is 32.3 Å². The molecule has 31 heavy (non-hydrogen) atoms. The molecule has 0 aliphatic heterocycles. The van der Waals surface area contributed by atoms with Gasteiger partial charge in [0.25, 0.3) is 0 Å². The Bertz CT molecular complexity index is 687. The number of fused-ring (bicyclic) bond motifs is 1. The van der Waals surface area contributed by atoms with Gasteiger partial charge >= 0.3 is 0 Å². The van der Waals surface area contributed by atoms with Crippen LogP contribution in [-0.4, -0.2) is 35.1 Å². The SMILES string of the molecule is CC(C)[C@H](C)CO[C@H](C)C1CCC2/C(=C/C=C3C[C@@H](O)C4(CC4)[C@H](O)C3)CCCC21C. The third-order valence-electron chi connectivity index (χ3n) is 9.96. The average Bonchev–Trinajstić information content (AvgIpc) is 3.45. The number of rotatable bonds is 6. The van der Waals surface area contributed by atoms with Gasteiger partial charge in [0.1, 0.15) is 0 Å². The first kappa shape index (κ1) is 23.5. The largest absolute Gasteiger partial charge is 0.392 e. The van der Waals surface area contributed by atoms with Gasteiger partial charge < -0.3 is 14.9 Å². The van der Waals surface area contributed by atoms with Crippen molar-refractivity contribution in [2.24, 2.45) is 34.5 Å². The quantitative estimate of drug-likeness (QED) is 0.539. The van der Waals surface area contributed by atoms with E-state index in [1.54, 1.807) is 5.57 Å². The van der Waals surface area contributed by atoms with Gasteiger partial charge in [0.15, 0.2) is 0 Å². The molecule has 176 valence electrons. The minimum absolute atomic E-state index is 0.171. The van der Waals surface area contributed by atoms with Crippen LogP contribution in [0.5, 0.6) is 0 Å². The molecule has 3 unspecified atom stereocenters. The molecule has 0 saturated heterocycles. The van der Waals surface area contributed by atoms with Crippen molar-refractivity contribution in [3.05, 3.63) is 23.3 Å². The first-order valence-corrected chi connectivity index (χ1v) is 13.0. The summed E-state index contributed by atoms with van der Waals surface area (Å²) in [6.07, 6.45) is 14.0. The smallest absolute Gasteiger partial charge is 0.0658 e. The molecule has 3 heteroatoms. The molecule has 4 rings (SSSR count). The van der Waals surface area contributed by atoms with Crippen LogP contribution in [0.2, 0.25) is 0 Å². The van der Waals surface area contributed by atoms with E-state index in [-0.39, 0.29) is 17.6 Å². The van der Waals surface area contributed by atoms with Crippen molar-refractivity contribution in [3.63, 3.8) is 0 Å². The fourth-order valence-corrected chi connectivity index (χ4v) is 7.04. The van der Waals surface area contributed by atoms with Gasteiger partial charge in [-0.2, -0.15) is 0 Å². The number of hydrogen-bond donors (Lipinski definition) is 2. The van der Waals surface area contributed by atoms with E-state index in [2.05, 4.69) is 46.8 Å². The van der Waals surface area contributed by atoms with Crippen molar-refractivity contribution >= 4 is 0 Å². The molecule has 0 radical (unpaired) electrons. The Balaban J connectivity index is 1.42. The molecule has 1 spiro atoms. The summed E-state index contributed by atoms with van der Waals surface area (Å²) in [5.74, 6) is 2.57. The molecular weight excluding hydrogens is 384 g/mol. The van der Waals surface area contributed by atoms with E-state index in [1.807, 2.05) is 0 Å². The molecule has 0 aromatic heterocycles. The van der Waals surface area contributed by atoms with Gasteiger partial charge in [0.05, 0.1) is 18.3 Å². The highest BCUT2D eigenvalue weighted by Crippen LogP contribution is 2.59. The number of allylic oxidation sites excluding steroid dienone is 3. The minimum Gasteiger partial charge on any atom is -0.392 e. The summed E-state index contributed by atoms with van der Waals surface area (Å²) < 4.78 is 6.42.